The summed E-state index contributed by atoms with van der Waals surface area (Å²) in [4.78, 5) is 28.6. The molecule has 1 aromatic carbocycles. The van der Waals surface area contributed by atoms with Crippen LogP contribution in [0.5, 0.6) is 5.75 Å². The van der Waals surface area contributed by atoms with Gasteiger partial charge < -0.3 is 9.30 Å². The van der Waals surface area contributed by atoms with Crippen LogP contribution in [0, 0.1) is 0 Å². The average Bonchev–Trinajstić information content (AvgIpc) is 3.13. The first-order valence-electron chi connectivity index (χ1n) is 9.11. The molecule has 0 aliphatic carbocycles. The molecule has 0 bridgehead atoms. The maximum Gasteiger partial charge on any atom is 0.332 e. The average molecular weight is 419 g/mol. The monoisotopic (exact) mass is 419 g/mol. The highest BCUT2D eigenvalue weighted by atomic mass is 32.2. The Morgan fingerprint density at radius 1 is 1.21 bits per heavy atom. The number of aryl methyl sites for hydroxylation is 2. The normalized spacial score (nSPS) is 16.6. The van der Waals surface area contributed by atoms with Crippen molar-refractivity contribution in [2.75, 3.05) is 12.4 Å². The van der Waals surface area contributed by atoms with Gasteiger partial charge in [-0.3, -0.25) is 13.9 Å². The highest BCUT2D eigenvalue weighted by molar-refractivity contribution is 7.89. The second-order valence-electron chi connectivity index (χ2n) is 6.98. The second kappa shape index (κ2) is 7.16. The van der Waals surface area contributed by atoms with Gasteiger partial charge in [-0.25, -0.2) is 22.9 Å². The van der Waals surface area contributed by atoms with Crippen LogP contribution in [-0.4, -0.2) is 39.5 Å². The molecular formula is C18H21N5O5S. The van der Waals surface area contributed by atoms with Gasteiger partial charge in [-0.15, -0.1) is 0 Å². The van der Waals surface area contributed by atoms with E-state index in [4.69, 9.17) is 4.74 Å². The van der Waals surface area contributed by atoms with Crippen molar-refractivity contribution in [3.8, 4) is 5.75 Å². The highest BCUT2D eigenvalue weighted by Gasteiger charge is 2.26. The fourth-order valence-corrected chi connectivity index (χ4v) is 4.76. The van der Waals surface area contributed by atoms with Crippen molar-refractivity contribution < 1.29 is 13.2 Å². The Morgan fingerprint density at radius 3 is 2.76 bits per heavy atom. The number of imidazole rings is 1. The van der Waals surface area contributed by atoms with Crippen LogP contribution >= 0.6 is 0 Å². The summed E-state index contributed by atoms with van der Waals surface area (Å²) in [5, 5.41) is 0. The molecule has 0 unspecified atom stereocenters. The number of nitrogens with one attached hydrogen (secondary N) is 1. The number of fused-ring (bicyclic) bond motifs is 2. The number of hydrogen-bond acceptors (Lipinski definition) is 6. The van der Waals surface area contributed by atoms with E-state index in [1.165, 1.54) is 29.6 Å². The van der Waals surface area contributed by atoms with Gasteiger partial charge in [0, 0.05) is 32.6 Å². The summed E-state index contributed by atoms with van der Waals surface area (Å²) < 4.78 is 37.4. The Morgan fingerprint density at radius 2 is 1.97 bits per heavy atom. The minimum absolute atomic E-state index is 0.0319. The number of sulfonamides is 1. The molecule has 154 valence electrons. The fraction of sp³-hybridized carbons (Fsp3) is 0.389. The van der Waals surface area contributed by atoms with E-state index in [2.05, 4.69) is 9.71 Å². The minimum atomic E-state index is -3.64. The second-order valence-corrected chi connectivity index (χ2v) is 8.85. The molecule has 1 aliphatic rings. The molecule has 10 nitrogen and oxygen atoms in total. The van der Waals surface area contributed by atoms with E-state index in [0.717, 1.165) is 10.1 Å². The van der Waals surface area contributed by atoms with Crippen LogP contribution in [0.25, 0.3) is 11.2 Å². The Kier molecular flexibility index (Phi) is 4.79. The maximum atomic E-state index is 12.7. The fourth-order valence-electron chi connectivity index (χ4n) is 3.53. The maximum absolute atomic E-state index is 12.7. The van der Waals surface area contributed by atoms with Crippen molar-refractivity contribution in [1.82, 2.24) is 23.4 Å². The largest absolute Gasteiger partial charge is 0.493 e. The van der Waals surface area contributed by atoms with Crippen LogP contribution in [0.15, 0.2) is 40.2 Å². The molecule has 1 N–H and O–H groups in total. The molecule has 0 fully saturated rings. The van der Waals surface area contributed by atoms with E-state index in [1.807, 2.05) is 24.3 Å². The van der Waals surface area contributed by atoms with Gasteiger partial charge >= 0.3 is 5.69 Å². The number of rotatable bonds is 5. The van der Waals surface area contributed by atoms with Crippen molar-refractivity contribution >= 4 is 21.2 Å². The van der Waals surface area contributed by atoms with E-state index in [-0.39, 0.29) is 29.5 Å². The van der Waals surface area contributed by atoms with Gasteiger partial charge in [0.2, 0.25) is 10.0 Å². The molecule has 3 aromatic rings. The number of ether oxygens (including phenoxy) is 1. The van der Waals surface area contributed by atoms with Gasteiger partial charge in [0.25, 0.3) is 5.56 Å². The van der Waals surface area contributed by atoms with Crippen molar-refractivity contribution in [2.45, 2.75) is 19.0 Å². The number of nitrogens with zero attached hydrogens (tertiary/aromatic N) is 4. The molecule has 29 heavy (non-hydrogen) atoms. The van der Waals surface area contributed by atoms with E-state index >= 15 is 0 Å². The Hall–Kier alpha value is -2.92. The first kappa shape index (κ1) is 19.4. The number of benzene rings is 1. The van der Waals surface area contributed by atoms with Crippen LogP contribution in [0.1, 0.15) is 18.0 Å². The summed E-state index contributed by atoms with van der Waals surface area (Å²) in [5.74, 6) is 0.445. The molecule has 2 aromatic heterocycles. The minimum Gasteiger partial charge on any atom is -0.493 e. The predicted molar refractivity (Wildman–Crippen MR) is 106 cm³/mol. The molecule has 1 atom stereocenters. The van der Waals surface area contributed by atoms with Gasteiger partial charge in [-0.05, 0) is 6.07 Å². The van der Waals surface area contributed by atoms with Crippen LogP contribution in [0.3, 0.4) is 0 Å². The lowest BCUT2D eigenvalue weighted by Crippen LogP contribution is -2.38. The summed E-state index contributed by atoms with van der Waals surface area (Å²) in [6.07, 6.45) is 1.91. The number of hydrogen-bond donors (Lipinski definition) is 1. The zero-order valence-corrected chi connectivity index (χ0v) is 16.8. The molecule has 0 saturated carbocycles. The van der Waals surface area contributed by atoms with Crippen LogP contribution in [0.4, 0.5) is 0 Å². The SMILES string of the molecule is Cn1c(=O)c2c(ncn2CCS(=O)(=O)N[C@H]2CCOc3ccccc32)n(C)c1=O. The zero-order chi connectivity index (χ0) is 20.8. The molecule has 4 rings (SSSR count). The first-order chi connectivity index (χ1) is 13.8. The molecule has 1 aliphatic heterocycles. The number of aromatic nitrogens is 4. The Labute approximate surface area is 166 Å². The molecule has 0 spiro atoms. The highest BCUT2D eigenvalue weighted by Crippen LogP contribution is 2.31. The van der Waals surface area contributed by atoms with E-state index in [9.17, 15) is 18.0 Å². The standard InChI is InChI=1S/C18H21N5O5S/c1-21-16-15(17(24)22(2)18(21)25)23(11-19-16)8-10-29(26,27)20-13-7-9-28-14-6-4-3-5-12(13)14/h3-6,11,13,20H,7-10H2,1-2H3/t13-/m0/s1. The van der Waals surface area contributed by atoms with Crippen molar-refractivity contribution in [3.05, 3.63) is 57.0 Å². The lowest BCUT2D eigenvalue weighted by molar-refractivity contribution is 0.263. The van der Waals surface area contributed by atoms with Crippen LogP contribution in [-0.2, 0) is 30.7 Å². The molecule has 0 radical (unpaired) electrons. The molecule has 0 amide bonds. The van der Waals surface area contributed by atoms with E-state index < -0.39 is 21.3 Å². The van der Waals surface area contributed by atoms with Crippen LogP contribution in [0.2, 0.25) is 0 Å². The van der Waals surface area contributed by atoms with Gasteiger partial charge in [-0.1, -0.05) is 18.2 Å². The molecule has 3 heterocycles. The van der Waals surface area contributed by atoms with Crippen molar-refractivity contribution in [3.63, 3.8) is 0 Å². The van der Waals surface area contributed by atoms with Gasteiger partial charge in [-0.2, -0.15) is 0 Å². The summed E-state index contributed by atoms with van der Waals surface area (Å²) in [5.41, 5.74) is 0.229. The van der Waals surface area contributed by atoms with E-state index in [1.54, 1.807) is 0 Å². The van der Waals surface area contributed by atoms with Crippen molar-refractivity contribution in [2.24, 2.45) is 14.1 Å². The van der Waals surface area contributed by atoms with Gasteiger partial charge in [0.05, 0.1) is 24.7 Å². The quantitative estimate of drug-likeness (QED) is 0.616. The lowest BCUT2D eigenvalue weighted by atomic mass is 10.0. The Balaban J connectivity index is 1.57. The zero-order valence-electron chi connectivity index (χ0n) is 16.0. The topological polar surface area (TPSA) is 117 Å². The third kappa shape index (κ3) is 3.47. The molecule has 11 heteroatoms. The summed E-state index contributed by atoms with van der Waals surface area (Å²) in [6, 6.07) is 6.97. The van der Waals surface area contributed by atoms with Gasteiger partial charge in [0.1, 0.15) is 5.75 Å². The summed E-state index contributed by atoms with van der Waals surface area (Å²) in [6.45, 7) is 0.463. The Bertz CT molecular complexity index is 1300. The predicted octanol–water partition coefficient (Wildman–Crippen LogP) is -0.123. The third-order valence-corrected chi connectivity index (χ3v) is 6.46. The first-order valence-corrected chi connectivity index (χ1v) is 10.8. The van der Waals surface area contributed by atoms with Gasteiger partial charge in [0.15, 0.2) is 11.2 Å². The molecular weight excluding hydrogens is 398 g/mol. The summed E-state index contributed by atoms with van der Waals surface area (Å²) >= 11 is 0. The van der Waals surface area contributed by atoms with E-state index in [0.29, 0.717) is 18.8 Å². The smallest absolute Gasteiger partial charge is 0.332 e. The van der Waals surface area contributed by atoms with Crippen LogP contribution < -0.4 is 20.7 Å². The summed E-state index contributed by atoms with van der Waals surface area (Å²) in [7, 11) is -0.748. The third-order valence-electron chi connectivity index (χ3n) is 5.10. The van der Waals surface area contributed by atoms with Crippen molar-refractivity contribution in [1.29, 1.82) is 0 Å². The molecule has 0 saturated heterocycles. The lowest BCUT2D eigenvalue weighted by Gasteiger charge is -2.26. The number of para-hydroxylation sites is 1.